The summed E-state index contributed by atoms with van der Waals surface area (Å²) in [5, 5.41) is 25.9. The topological polar surface area (TPSA) is 156 Å². The van der Waals surface area contributed by atoms with Crippen molar-refractivity contribution in [2.45, 2.75) is 161 Å². The first-order valence-electron chi connectivity index (χ1n) is 18.5. The minimum absolute atomic E-state index is 0.0162. The van der Waals surface area contributed by atoms with Gasteiger partial charge < -0.3 is 49.0 Å². The number of aliphatic hydroxyl groups is 2. The number of likely N-dealkylation sites (N-methyl/N-ethyl adjacent to an activating group) is 2. The number of nitrogens with zero attached hydrogens (tertiary/aromatic N) is 2. The molecule has 0 aromatic heterocycles. The summed E-state index contributed by atoms with van der Waals surface area (Å²) in [6, 6.07) is -0.597. The van der Waals surface area contributed by atoms with Crippen LogP contribution < -0.4 is 5.32 Å². The quantitative estimate of drug-likeness (QED) is 0.237. The van der Waals surface area contributed by atoms with E-state index in [-0.39, 0.29) is 17.9 Å². The van der Waals surface area contributed by atoms with Gasteiger partial charge in [0.05, 0.1) is 30.0 Å². The zero-order valence-electron chi connectivity index (χ0n) is 32.8. The standard InChI is InChI=1S/C37H67N3O10/c1-14-28-37(9)31(38-35(45)50-37)22(5)16-15-21(4)18-36(8,46-13)32(23(6)29(42)24(7)33(44)48-28)49-34-30(43)25(39(10)11)17-27(47-34)26(41)19-40(12)20(2)3/h20-28,30-32,34,41,43H,14-19H2,1-13H3,(H,38,45)/t21-,22-,23-,24?,25?,26?,27?,28+,30?,31+,32+,34-,36+,37+/m0/s1. The van der Waals surface area contributed by atoms with Gasteiger partial charge in [0.2, 0.25) is 0 Å². The Labute approximate surface area is 300 Å². The molecule has 0 aliphatic carbocycles. The first-order valence-corrected chi connectivity index (χ1v) is 18.5. The molecule has 0 radical (unpaired) electrons. The van der Waals surface area contributed by atoms with Crippen molar-refractivity contribution in [2.75, 3.05) is 34.8 Å². The zero-order chi connectivity index (χ0) is 37.9. The Hall–Kier alpha value is -1.87. The van der Waals surface area contributed by atoms with Crippen LogP contribution in [0.4, 0.5) is 4.79 Å². The van der Waals surface area contributed by atoms with Crippen molar-refractivity contribution in [3.8, 4) is 0 Å². The van der Waals surface area contributed by atoms with E-state index >= 15 is 0 Å². The van der Waals surface area contributed by atoms with E-state index in [9.17, 15) is 24.6 Å². The van der Waals surface area contributed by atoms with Gasteiger partial charge in [0.1, 0.15) is 18.1 Å². The molecule has 13 nitrogen and oxygen atoms in total. The highest BCUT2D eigenvalue weighted by Crippen LogP contribution is 2.40. The summed E-state index contributed by atoms with van der Waals surface area (Å²) in [4.78, 5) is 44.4. The van der Waals surface area contributed by atoms with Gasteiger partial charge >= 0.3 is 12.1 Å². The Bertz CT molecular complexity index is 1160. The Balaban J connectivity index is 2.03. The number of carbonyl (C=O) groups is 3. The van der Waals surface area contributed by atoms with Crippen molar-refractivity contribution in [3.63, 3.8) is 0 Å². The number of cyclic esters (lactones) is 1. The zero-order valence-corrected chi connectivity index (χ0v) is 32.8. The molecule has 0 aromatic carbocycles. The molecule has 3 saturated heterocycles. The summed E-state index contributed by atoms with van der Waals surface area (Å²) in [6.45, 7) is 17.4. The lowest BCUT2D eigenvalue weighted by Gasteiger charge is -2.48. The number of amides is 1. The highest BCUT2D eigenvalue weighted by molar-refractivity contribution is 6.00. The summed E-state index contributed by atoms with van der Waals surface area (Å²) in [7, 11) is 7.23. The lowest BCUT2D eigenvalue weighted by Crippen LogP contribution is -2.61. The monoisotopic (exact) mass is 713 g/mol. The predicted octanol–water partition coefficient (Wildman–Crippen LogP) is 3.37. The van der Waals surface area contributed by atoms with Crippen LogP contribution in [0.15, 0.2) is 0 Å². The van der Waals surface area contributed by atoms with Gasteiger partial charge in [0.25, 0.3) is 0 Å². The summed E-state index contributed by atoms with van der Waals surface area (Å²) in [6.07, 6.45) is -3.32. The van der Waals surface area contributed by atoms with Crippen LogP contribution in [0.2, 0.25) is 0 Å². The minimum atomic E-state index is -1.20. The van der Waals surface area contributed by atoms with E-state index in [1.54, 1.807) is 21.0 Å². The van der Waals surface area contributed by atoms with E-state index in [1.165, 1.54) is 6.92 Å². The Morgan fingerprint density at radius 2 is 1.70 bits per heavy atom. The molecular formula is C37H67N3O10. The van der Waals surface area contributed by atoms with Crippen LogP contribution in [0, 0.1) is 23.7 Å². The number of rotatable bonds is 9. The Kier molecular flexibility index (Phi) is 14.7. The number of carbonyl (C=O) groups excluding carboxylic acids is 3. The summed E-state index contributed by atoms with van der Waals surface area (Å²) in [5.74, 6) is -3.12. The van der Waals surface area contributed by atoms with Crippen LogP contribution in [0.5, 0.6) is 0 Å². The number of ketones is 1. The molecule has 3 N–H and O–H groups in total. The number of hydrogen-bond donors (Lipinski definition) is 3. The fourth-order valence-corrected chi connectivity index (χ4v) is 8.17. The number of esters is 1. The van der Waals surface area contributed by atoms with Gasteiger partial charge in [0.15, 0.2) is 17.7 Å². The molecule has 0 saturated carbocycles. The number of nitrogens with one attached hydrogen (secondary N) is 1. The first-order chi connectivity index (χ1) is 23.2. The molecule has 0 spiro atoms. The number of ether oxygens (including phenoxy) is 5. The second-order valence-corrected chi connectivity index (χ2v) is 16.3. The number of methoxy groups -OCH3 is 1. The molecular weight excluding hydrogens is 646 g/mol. The fourth-order valence-electron chi connectivity index (χ4n) is 8.17. The van der Waals surface area contributed by atoms with Crippen LogP contribution in [0.3, 0.4) is 0 Å². The Morgan fingerprint density at radius 3 is 2.26 bits per heavy atom. The molecule has 14 atom stereocenters. The van der Waals surface area contributed by atoms with Crippen molar-refractivity contribution in [1.82, 2.24) is 15.1 Å². The molecule has 0 bridgehead atoms. The van der Waals surface area contributed by atoms with Crippen LogP contribution >= 0.6 is 0 Å². The third kappa shape index (κ3) is 9.37. The van der Waals surface area contributed by atoms with Gasteiger partial charge in [-0.25, -0.2) is 4.79 Å². The molecule has 290 valence electrons. The van der Waals surface area contributed by atoms with Crippen LogP contribution in [-0.4, -0.2) is 139 Å². The van der Waals surface area contributed by atoms with Crippen LogP contribution in [0.25, 0.3) is 0 Å². The maximum absolute atomic E-state index is 14.3. The third-order valence-electron chi connectivity index (χ3n) is 11.8. The average Bonchev–Trinajstić information content (AvgIpc) is 3.37. The number of aliphatic hydroxyl groups excluding tert-OH is 2. The maximum Gasteiger partial charge on any atom is 0.408 e. The SMILES string of the molecule is CC[C@H]1OC(=O)C(C)C(=O)[C@H](C)[C@@H](O[C@@H]2OC(C(O)CN(C)C(C)C)CC(N(C)C)C2O)[C@](C)(OC)C[C@@H](C)CC[C@H](C)[C@H]2NC(=O)O[C@@]21C. The van der Waals surface area contributed by atoms with Gasteiger partial charge in [-0.2, -0.15) is 0 Å². The van der Waals surface area contributed by atoms with Gasteiger partial charge in [-0.1, -0.05) is 34.1 Å². The highest BCUT2D eigenvalue weighted by atomic mass is 16.7. The van der Waals surface area contributed by atoms with Crippen molar-refractivity contribution < 1.29 is 48.3 Å². The average molecular weight is 714 g/mol. The van der Waals surface area contributed by atoms with Crippen LogP contribution in [-0.2, 0) is 33.3 Å². The molecule has 3 aliphatic heterocycles. The van der Waals surface area contributed by atoms with Crippen molar-refractivity contribution in [2.24, 2.45) is 23.7 Å². The van der Waals surface area contributed by atoms with Crippen molar-refractivity contribution >= 4 is 17.8 Å². The van der Waals surface area contributed by atoms with E-state index in [4.69, 9.17) is 23.7 Å². The molecule has 3 heterocycles. The fraction of sp³-hybridized carbons (Fsp3) is 0.919. The molecule has 5 unspecified atom stereocenters. The van der Waals surface area contributed by atoms with Gasteiger partial charge in [-0.05, 0) is 93.3 Å². The first kappa shape index (κ1) is 42.5. The second-order valence-electron chi connectivity index (χ2n) is 16.3. The van der Waals surface area contributed by atoms with E-state index in [0.29, 0.717) is 25.8 Å². The van der Waals surface area contributed by atoms with E-state index < -0.39 is 89.8 Å². The van der Waals surface area contributed by atoms with Gasteiger partial charge in [0, 0.05) is 31.7 Å². The largest absolute Gasteiger partial charge is 0.458 e. The number of fused-ring (bicyclic) bond motifs is 1. The van der Waals surface area contributed by atoms with Gasteiger partial charge in [-0.15, -0.1) is 0 Å². The molecule has 13 heteroatoms. The lowest BCUT2D eigenvalue weighted by molar-refractivity contribution is -0.307. The molecule has 3 aliphatic rings. The molecule has 3 rings (SSSR count). The van der Waals surface area contributed by atoms with E-state index in [1.807, 2.05) is 58.6 Å². The van der Waals surface area contributed by atoms with Gasteiger partial charge in [-0.3, -0.25) is 9.59 Å². The normalized spacial score (nSPS) is 41.6. The number of Topliss-reactive ketones (excluding diaryl/α,β-unsaturated/α-hetero) is 1. The summed E-state index contributed by atoms with van der Waals surface area (Å²) >= 11 is 0. The smallest absolute Gasteiger partial charge is 0.408 e. The molecule has 1 amide bonds. The summed E-state index contributed by atoms with van der Waals surface area (Å²) in [5.41, 5.74) is -2.17. The predicted molar refractivity (Wildman–Crippen MR) is 188 cm³/mol. The number of hydrogen-bond acceptors (Lipinski definition) is 12. The number of alkyl carbamates (subject to hydrolysis) is 1. The summed E-state index contributed by atoms with van der Waals surface area (Å²) < 4.78 is 31.1. The second kappa shape index (κ2) is 17.3. The molecule has 0 aromatic rings. The molecule has 3 fully saturated rings. The maximum atomic E-state index is 14.3. The third-order valence-corrected chi connectivity index (χ3v) is 11.8. The van der Waals surface area contributed by atoms with Crippen molar-refractivity contribution in [3.05, 3.63) is 0 Å². The van der Waals surface area contributed by atoms with E-state index in [0.717, 1.165) is 12.8 Å². The molecule has 50 heavy (non-hydrogen) atoms. The lowest BCUT2D eigenvalue weighted by atomic mass is 9.76. The highest BCUT2D eigenvalue weighted by Gasteiger charge is 2.55. The van der Waals surface area contributed by atoms with Crippen LogP contribution in [0.1, 0.15) is 94.4 Å². The minimum Gasteiger partial charge on any atom is -0.458 e. The van der Waals surface area contributed by atoms with Crippen molar-refractivity contribution in [1.29, 1.82) is 0 Å². The Morgan fingerprint density at radius 1 is 1.06 bits per heavy atom. The van der Waals surface area contributed by atoms with E-state index in [2.05, 4.69) is 19.2 Å².